The van der Waals surface area contributed by atoms with Crippen molar-refractivity contribution in [2.75, 3.05) is 0 Å². The summed E-state index contributed by atoms with van der Waals surface area (Å²) in [5, 5.41) is 9.09. The molecule has 26 heavy (non-hydrogen) atoms. The first-order valence-corrected chi connectivity index (χ1v) is 7.71. The molecule has 3 N–H and O–H groups in total. The molecule has 0 aliphatic heterocycles. The van der Waals surface area contributed by atoms with Gasteiger partial charge in [-0.3, -0.25) is 20.4 Å². The highest BCUT2D eigenvalue weighted by molar-refractivity contribution is 5.97. The molecule has 0 bridgehead atoms. The molecule has 2 amide bonds. The Kier molecular flexibility index (Phi) is 5.99. The first-order chi connectivity index (χ1) is 12.2. The van der Waals surface area contributed by atoms with Gasteiger partial charge in [0, 0.05) is 5.56 Å². The summed E-state index contributed by atoms with van der Waals surface area (Å²) in [6, 6.07) is 11.2. The molecular weight excluding hydrogens is 349 g/mol. The third kappa shape index (κ3) is 5.06. The molecule has 0 aliphatic carbocycles. The summed E-state index contributed by atoms with van der Waals surface area (Å²) in [4.78, 5) is 23.5. The molecule has 1 atom stereocenters. The van der Waals surface area contributed by atoms with Crippen LogP contribution in [0, 0.1) is 0 Å². The van der Waals surface area contributed by atoms with Gasteiger partial charge >= 0.3 is 6.18 Å². The van der Waals surface area contributed by atoms with Crippen LogP contribution in [0.5, 0.6) is 0 Å². The van der Waals surface area contributed by atoms with Crippen molar-refractivity contribution in [3.8, 4) is 0 Å². The number of rotatable bonds is 4. The molecule has 0 spiro atoms. The van der Waals surface area contributed by atoms with Gasteiger partial charge in [0.15, 0.2) is 0 Å². The van der Waals surface area contributed by atoms with E-state index in [1.165, 1.54) is 25.1 Å². The fraction of sp³-hybridized carbons (Fsp3) is 0.222. The first kappa shape index (κ1) is 19.5. The summed E-state index contributed by atoms with van der Waals surface area (Å²) >= 11 is 0. The van der Waals surface area contributed by atoms with Gasteiger partial charge < -0.3 is 5.11 Å². The van der Waals surface area contributed by atoms with Gasteiger partial charge in [0.25, 0.3) is 11.8 Å². The summed E-state index contributed by atoms with van der Waals surface area (Å²) in [7, 11) is 0. The Morgan fingerprint density at radius 1 is 1.04 bits per heavy atom. The number of alkyl halides is 3. The summed E-state index contributed by atoms with van der Waals surface area (Å²) in [5.41, 5.74) is 4.97. The van der Waals surface area contributed by atoms with Crippen molar-refractivity contribution >= 4 is 11.8 Å². The lowest BCUT2D eigenvalue weighted by molar-refractivity contribution is -0.137. The molecule has 2 rings (SSSR count). The number of amides is 2. The van der Waals surface area contributed by atoms with Crippen LogP contribution in [0.25, 0.3) is 0 Å². The summed E-state index contributed by atoms with van der Waals surface area (Å²) in [5.74, 6) is -1.36. The number of hydrogen-bond donors (Lipinski definition) is 3. The van der Waals surface area contributed by atoms with Crippen molar-refractivity contribution in [3.63, 3.8) is 0 Å². The van der Waals surface area contributed by atoms with Crippen molar-refractivity contribution in [2.45, 2.75) is 25.6 Å². The van der Waals surface area contributed by atoms with E-state index in [4.69, 9.17) is 5.11 Å². The Morgan fingerprint density at radius 2 is 1.65 bits per heavy atom. The van der Waals surface area contributed by atoms with Crippen molar-refractivity contribution in [1.29, 1.82) is 0 Å². The minimum absolute atomic E-state index is 0.242. The maximum Gasteiger partial charge on any atom is 0.416 e. The molecule has 0 aromatic heterocycles. The lowest BCUT2D eigenvalue weighted by Crippen LogP contribution is -2.45. The van der Waals surface area contributed by atoms with Gasteiger partial charge in [-0.1, -0.05) is 30.3 Å². The molecule has 2 aromatic rings. The molecule has 0 heterocycles. The minimum Gasteiger partial charge on any atom is -0.383 e. The number of aliphatic hydroxyl groups is 1. The quantitative estimate of drug-likeness (QED) is 0.728. The van der Waals surface area contributed by atoms with Crippen LogP contribution in [-0.2, 0) is 17.4 Å². The average molecular weight is 366 g/mol. The van der Waals surface area contributed by atoms with Gasteiger partial charge in [-0.2, -0.15) is 13.2 Å². The van der Waals surface area contributed by atoms with Gasteiger partial charge in [-0.05, 0) is 42.7 Å². The van der Waals surface area contributed by atoms with E-state index in [1.807, 2.05) is 0 Å². The minimum atomic E-state index is -4.40. The van der Waals surface area contributed by atoms with Crippen molar-refractivity contribution in [2.24, 2.45) is 0 Å². The van der Waals surface area contributed by atoms with Crippen LogP contribution in [0.3, 0.4) is 0 Å². The van der Waals surface area contributed by atoms with E-state index >= 15 is 0 Å². The Morgan fingerprint density at radius 3 is 2.23 bits per heavy atom. The summed E-state index contributed by atoms with van der Waals surface area (Å²) in [6.45, 7) is 1.25. The highest BCUT2D eigenvalue weighted by Crippen LogP contribution is 2.29. The number of hydrogen-bond acceptors (Lipinski definition) is 3. The van der Waals surface area contributed by atoms with Crippen LogP contribution in [0.15, 0.2) is 48.5 Å². The van der Waals surface area contributed by atoms with Crippen molar-refractivity contribution in [1.82, 2.24) is 10.9 Å². The highest BCUT2D eigenvalue weighted by atomic mass is 19.4. The second kappa shape index (κ2) is 8.01. The number of halogens is 3. The Labute approximate surface area is 147 Å². The van der Waals surface area contributed by atoms with Gasteiger partial charge in [0.1, 0.15) is 6.10 Å². The zero-order valence-corrected chi connectivity index (χ0v) is 13.8. The molecule has 0 radical (unpaired) electrons. The molecule has 1 unspecified atom stereocenters. The number of carbonyl (C=O) groups is 2. The van der Waals surface area contributed by atoms with Gasteiger partial charge in [0.05, 0.1) is 5.56 Å². The van der Waals surface area contributed by atoms with Gasteiger partial charge in [-0.15, -0.1) is 0 Å². The SMILES string of the molecule is CC(O)C(=O)NNC(=O)c1ccccc1Cc1ccc(C(F)(F)F)cc1. The van der Waals surface area contributed by atoms with E-state index < -0.39 is 29.7 Å². The van der Waals surface area contributed by atoms with E-state index in [0.29, 0.717) is 11.1 Å². The van der Waals surface area contributed by atoms with Gasteiger partial charge in [-0.25, -0.2) is 0 Å². The largest absolute Gasteiger partial charge is 0.416 e. The predicted molar refractivity (Wildman–Crippen MR) is 88.0 cm³/mol. The second-order valence-corrected chi connectivity index (χ2v) is 5.65. The zero-order valence-electron chi connectivity index (χ0n) is 13.8. The van der Waals surface area contributed by atoms with Crippen molar-refractivity contribution in [3.05, 3.63) is 70.8 Å². The third-order valence-electron chi connectivity index (χ3n) is 3.62. The average Bonchev–Trinajstić information content (AvgIpc) is 2.59. The molecule has 0 saturated heterocycles. The lowest BCUT2D eigenvalue weighted by Gasteiger charge is -2.12. The summed E-state index contributed by atoms with van der Waals surface area (Å²) < 4.78 is 37.9. The number of nitrogens with one attached hydrogen (secondary N) is 2. The van der Waals surface area contributed by atoms with Gasteiger partial charge in [0.2, 0.25) is 0 Å². The molecule has 8 heteroatoms. The number of carbonyl (C=O) groups excluding carboxylic acids is 2. The normalized spacial score (nSPS) is 12.3. The number of aliphatic hydroxyl groups excluding tert-OH is 1. The van der Waals surface area contributed by atoms with Crippen LogP contribution in [0.1, 0.15) is 34.0 Å². The number of hydrazine groups is 1. The van der Waals surface area contributed by atoms with E-state index in [-0.39, 0.29) is 12.0 Å². The topological polar surface area (TPSA) is 78.4 Å². The van der Waals surface area contributed by atoms with E-state index in [9.17, 15) is 22.8 Å². The van der Waals surface area contributed by atoms with Crippen LogP contribution in [-0.4, -0.2) is 23.0 Å². The predicted octanol–water partition coefficient (Wildman–Crippen LogP) is 2.44. The van der Waals surface area contributed by atoms with Crippen LogP contribution in [0.4, 0.5) is 13.2 Å². The molecule has 0 aliphatic rings. The van der Waals surface area contributed by atoms with E-state index in [0.717, 1.165) is 12.1 Å². The van der Waals surface area contributed by atoms with Crippen molar-refractivity contribution < 1.29 is 27.9 Å². The standard InChI is InChI=1S/C18H17F3N2O3/c1-11(24)16(25)22-23-17(26)15-5-3-2-4-13(15)10-12-6-8-14(9-7-12)18(19,20)21/h2-9,11,24H,10H2,1H3,(H,22,25)(H,23,26). The highest BCUT2D eigenvalue weighted by Gasteiger charge is 2.29. The van der Waals surface area contributed by atoms with Crippen LogP contribution < -0.4 is 10.9 Å². The smallest absolute Gasteiger partial charge is 0.383 e. The van der Waals surface area contributed by atoms with Crippen LogP contribution in [0.2, 0.25) is 0 Å². The molecule has 0 saturated carbocycles. The maximum absolute atomic E-state index is 12.6. The first-order valence-electron chi connectivity index (χ1n) is 7.71. The molecule has 2 aromatic carbocycles. The molecule has 0 fully saturated rings. The fourth-order valence-corrected chi connectivity index (χ4v) is 2.22. The van der Waals surface area contributed by atoms with E-state index in [2.05, 4.69) is 10.9 Å². The third-order valence-corrected chi connectivity index (χ3v) is 3.62. The lowest BCUT2D eigenvalue weighted by atomic mass is 9.98. The zero-order chi connectivity index (χ0) is 19.3. The molecular formula is C18H17F3N2O3. The number of benzene rings is 2. The molecule has 5 nitrogen and oxygen atoms in total. The molecule has 138 valence electrons. The Bertz CT molecular complexity index is 787. The Balaban J connectivity index is 2.13. The maximum atomic E-state index is 12.6. The second-order valence-electron chi connectivity index (χ2n) is 5.65. The fourth-order valence-electron chi connectivity index (χ4n) is 2.22. The Hall–Kier alpha value is -2.87. The van der Waals surface area contributed by atoms with Crippen LogP contribution >= 0.6 is 0 Å². The monoisotopic (exact) mass is 366 g/mol. The van der Waals surface area contributed by atoms with E-state index in [1.54, 1.807) is 18.2 Å². The summed E-state index contributed by atoms with van der Waals surface area (Å²) in [6.07, 6.45) is -5.44.